The van der Waals surface area contributed by atoms with Crippen molar-refractivity contribution in [3.05, 3.63) is 25.3 Å². The van der Waals surface area contributed by atoms with Crippen LogP contribution in [0.1, 0.15) is 34.1 Å². The van der Waals surface area contributed by atoms with Crippen molar-refractivity contribution in [3.8, 4) is 0 Å². The lowest BCUT2D eigenvalue weighted by molar-refractivity contribution is -0.156. The van der Waals surface area contributed by atoms with Gasteiger partial charge in [0.25, 0.3) is 0 Å². The van der Waals surface area contributed by atoms with Gasteiger partial charge < -0.3 is 24.8 Å². The highest BCUT2D eigenvalue weighted by Crippen LogP contribution is 1.94. The Morgan fingerprint density at radius 2 is 1.52 bits per heavy atom. The van der Waals surface area contributed by atoms with E-state index in [2.05, 4.69) is 17.9 Å². The minimum Gasteiger partial charge on any atom is -0.479 e. The van der Waals surface area contributed by atoms with Gasteiger partial charge in [0.15, 0.2) is 6.10 Å². The van der Waals surface area contributed by atoms with Crippen LogP contribution in [0.2, 0.25) is 0 Å². The molecule has 0 aliphatic heterocycles. The summed E-state index contributed by atoms with van der Waals surface area (Å²) in [6, 6.07) is 0. The van der Waals surface area contributed by atoms with Crippen molar-refractivity contribution >= 4 is 11.9 Å². The van der Waals surface area contributed by atoms with Crippen molar-refractivity contribution in [2.24, 2.45) is 0 Å². The molecule has 0 aromatic carbocycles. The first-order valence-corrected chi connectivity index (χ1v) is 7.21. The zero-order chi connectivity index (χ0) is 19.1. The summed E-state index contributed by atoms with van der Waals surface area (Å²) in [5.41, 5.74) is 0. The van der Waals surface area contributed by atoms with Crippen LogP contribution in [0.5, 0.6) is 0 Å². The molecule has 0 bridgehead atoms. The van der Waals surface area contributed by atoms with Crippen molar-refractivity contribution in [2.45, 2.75) is 40.2 Å². The molecular weight excluding hydrogens is 304 g/mol. The van der Waals surface area contributed by atoms with Gasteiger partial charge in [0, 0.05) is 13.2 Å². The van der Waals surface area contributed by atoms with Crippen LogP contribution in [0.15, 0.2) is 25.3 Å². The summed E-state index contributed by atoms with van der Waals surface area (Å²) in [5.74, 6) is -2.32. The molecule has 0 saturated carbocycles. The Hall–Kier alpha value is -1.70. The van der Waals surface area contributed by atoms with E-state index in [1.54, 1.807) is 12.2 Å². The molecule has 1 unspecified atom stereocenters. The number of carbonyl (C=O) groups is 2. The zero-order valence-corrected chi connectivity index (χ0v) is 14.7. The zero-order valence-electron chi connectivity index (χ0n) is 14.7. The number of aliphatic hydroxyl groups excluding tert-OH is 2. The third-order valence-corrected chi connectivity index (χ3v) is 1.41. The van der Waals surface area contributed by atoms with E-state index in [0.29, 0.717) is 0 Å². The first-order chi connectivity index (χ1) is 10.8. The van der Waals surface area contributed by atoms with Crippen LogP contribution in [0, 0.1) is 0 Å². The third-order valence-electron chi connectivity index (χ3n) is 1.41. The van der Waals surface area contributed by atoms with E-state index >= 15 is 0 Å². The summed E-state index contributed by atoms with van der Waals surface area (Å²) in [7, 11) is 0. The molecule has 0 aromatic heterocycles. The Morgan fingerprint density at radius 3 is 1.74 bits per heavy atom. The SMILES string of the molecule is C=CC.C=CC.CCOCC.O=C(CC(O)C(=O)O)OCCO. The lowest BCUT2D eigenvalue weighted by atomic mass is 10.2. The highest BCUT2D eigenvalue weighted by molar-refractivity contribution is 5.80. The fourth-order valence-corrected chi connectivity index (χ4v) is 0.668. The predicted molar refractivity (Wildman–Crippen MR) is 90.2 cm³/mol. The van der Waals surface area contributed by atoms with E-state index in [1.165, 1.54) is 0 Å². The Morgan fingerprint density at radius 1 is 1.13 bits per heavy atom. The van der Waals surface area contributed by atoms with E-state index in [9.17, 15) is 9.59 Å². The number of aliphatic carboxylic acids is 1. The molecule has 0 aliphatic carbocycles. The first-order valence-electron chi connectivity index (χ1n) is 7.21. The lowest BCUT2D eigenvalue weighted by Gasteiger charge is -2.04. The van der Waals surface area contributed by atoms with Crippen LogP contribution >= 0.6 is 0 Å². The van der Waals surface area contributed by atoms with Crippen LogP contribution in [0.3, 0.4) is 0 Å². The average Bonchev–Trinajstić information content (AvgIpc) is 2.48. The molecule has 0 spiro atoms. The number of carboxylic acids is 1. The minimum atomic E-state index is -1.74. The van der Waals surface area contributed by atoms with E-state index in [0.717, 1.165) is 13.2 Å². The summed E-state index contributed by atoms with van der Waals surface area (Å²) >= 11 is 0. The van der Waals surface area contributed by atoms with Crippen molar-refractivity contribution in [2.75, 3.05) is 26.4 Å². The third kappa shape index (κ3) is 44.9. The highest BCUT2D eigenvalue weighted by atomic mass is 16.5. The molecular formula is C16H32O7. The Labute approximate surface area is 139 Å². The topological polar surface area (TPSA) is 113 Å². The van der Waals surface area contributed by atoms with E-state index in [-0.39, 0.29) is 13.2 Å². The number of carbonyl (C=O) groups excluding carboxylic acids is 1. The van der Waals surface area contributed by atoms with E-state index in [4.69, 9.17) is 20.1 Å². The maximum atomic E-state index is 10.6. The summed E-state index contributed by atoms with van der Waals surface area (Å²) in [5, 5.41) is 25.0. The molecule has 0 aromatic rings. The molecule has 0 radical (unpaired) electrons. The van der Waals surface area contributed by atoms with E-state index < -0.39 is 24.5 Å². The van der Waals surface area contributed by atoms with Crippen molar-refractivity contribution in [3.63, 3.8) is 0 Å². The number of rotatable bonds is 7. The summed E-state index contributed by atoms with van der Waals surface area (Å²) < 4.78 is 9.13. The van der Waals surface area contributed by atoms with Gasteiger partial charge in [0.2, 0.25) is 0 Å². The van der Waals surface area contributed by atoms with Crippen molar-refractivity contribution in [1.82, 2.24) is 0 Å². The highest BCUT2D eigenvalue weighted by Gasteiger charge is 2.18. The Bertz CT molecular complexity index is 270. The number of aliphatic hydroxyl groups is 2. The fraction of sp³-hybridized carbons (Fsp3) is 0.625. The molecule has 0 heterocycles. The Kier molecular flexibility index (Phi) is 36.3. The number of ether oxygens (including phenoxy) is 2. The second-order valence-electron chi connectivity index (χ2n) is 3.60. The van der Waals surface area contributed by atoms with Gasteiger partial charge in [-0.25, -0.2) is 4.79 Å². The normalized spacial score (nSPS) is 9.30. The van der Waals surface area contributed by atoms with Crippen LogP contribution in [0.25, 0.3) is 0 Å². The fourth-order valence-electron chi connectivity index (χ4n) is 0.668. The number of hydrogen-bond acceptors (Lipinski definition) is 6. The van der Waals surface area contributed by atoms with Crippen LogP contribution in [0.4, 0.5) is 0 Å². The van der Waals surface area contributed by atoms with E-state index in [1.807, 2.05) is 27.7 Å². The first kappa shape index (κ1) is 29.3. The molecule has 7 heteroatoms. The summed E-state index contributed by atoms with van der Waals surface area (Å²) in [6.07, 6.45) is 1.16. The molecule has 0 amide bonds. The largest absolute Gasteiger partial charge is 0.479 e. The van der Waals surface area contributed by atoms with Crippen molar-refractivity contribution in [1.29, 1.82) is 0 Å². The van der Waals surface area contributed by atoms with Crippen LogP contribution in [-0.4, -0.2) is 59.8 Å². The van der Waals surface area contributed by atoms with Crippen LogP contribution in [-0.2, 0) is 19.1 Å². The van der Waals surface area contributed by atoms with Crippen molar-refractivity contribution < 1.29 is 34.4 Å². The Balaban J connectivity index is -0.000000135. The van der Waals surface area contributed by atoms with Gasteiger partial charge in [0.05, 0.1) is 13.0 Å². The molecule has 3 N–H and O–H groups in total. The number of carboxylic acid groups (broad SMARTS) is 1. The molecule has 0 rings (SSSR count). The van der Waals surface area contributed by atoms with Gasteiger partial charge in [-0.1, -0.05) is 12.2 Å². The standard InChI is InChI=1S/C6H10O6.C4H10O.2C3H6/c7-1-2-12-5(9)3-4(8)6(10)11;1-3-5-4-2;2*1-3-2/h4,7-8H,1-3H2,(H,10,11);3-4H2,1-2H3;2*3H,1H2,2H3. The van der Waals surface area contributed by atoms with Gasteiger partial charge in [-0.3, -0.25) is 4.79 Å². The smallest absolute Gasteiger partial charge is 0.333 e. The second kappa shape index (κ2) is 28.5. The van der Waals surface area contributed by atoms with Gasteiger partial charge in [-0.2, -0.15) is 0 Å². The monoisotopic (exact) mass is 336 g/mol. The summed E-state index contributed by atoms with van der Waals surface area (Å²) in [6.45, 7) is 15.7. The molecule has 1 atom stereocenters. The number of allylic oxidation sites excluding steroid dienone is 2. The molecule has 0 fully saturated rings. The molecule has 0 saturated heterocycles. The average molecular weight is 336 g/mol. The van der Waals surface area contributed by atoms with Gasteiger partial charge >= 0.3 is 11.9 Å². The van der Waals surface area contributed by atoms with Gasteiger partial charge in [0.1, 0.15) is 6.61 Å². The molecule has 23 heavy (non-hydrogen) atoms. The lowest BCUT2D eigenvalue weighted by Crippen LogP contribution is -2.24. The molecule has 0 aliphatic rings. The molecule has 7 nitrogen and oxygen atoms in total. The number of hydrogen-bond donors (Lipinski definition) is 3. The van der Waals surface area contributed by atoms with Gasteiger partial charge in [-0.05, 0) is 27.7 Å². The summed E-state index contributed by atoms with van der Waals surface area (Å²) in [4.78, 5) is 20.6. The second-order valence-corrected chi connectivity index (χ2v) is 3.60. The maximum Gasteiger partial charge on any atom is 0.333 e. The van der Waals surface area contributed by atoms with Crippen LogP contribution < -0.4 is 0 Å². The maximum absolute atomic E-state index is 10.6. The number of esters is 1. The molecule has 138 valence electrons. The predicted octanol–water partition coefficient (Wildman–Crippen LogP) is 1.78. The van der Waals surface area contributed by atoms with Gasteiger partial charge in [-0.15, -0.1) is 13.2 Å². The minimum absolute atomic E-state index is 0.189. The quantitative estimate of drug-likeness (QED) is 0.480.